The first kappa shape index (κ1) is 22.8. The van der Waals surface area contributed by atoms with Crippen molar-refractivity contribution in [1.29, 1.82) is 0 Å². The summed E-state index contributed by atoms with van der Waals surface area (Å²) in [5.74, 6) is 1.28. The third-order valence-corrected chi connectivity index (χ3v) is 6.90. The summed E-state index contributed by atoms with van der Waals surface area (Å²) < 4.78 is 13.8. The Morgan fingerprint density at radius 3 is 1.41 bits per heavy atom. The quantitative estimate of drug-likeness (QED) is 0.352. The van der Waals surface area contributed by atoms with Gasteiger partial charge in [-0.1, -0.05) is 13.8 Å². The average molecular weight is 632 g/mol. The number of phenols is 2. The van der Waals surface area contributed by atoms with Crippen LogP contribution in [0.2, 0.25) is 0 Å². The van der Waals surface area contributed by atoms with E-state index in [1.54, 1.807) is 0 Å². The fourth-order valence-electron chi connectivity index (χ4n) is 2.83. The Bertz CT molecular complexity index is 796. The summed E-state index contributed by atoms with van der Waals surface area (Å²) in [4.78, 5) is 0. The van der Waals surface area contributed by atoms with E-state index in [-0.39, 0.29) is 11.5 Å². The summed E-state index contributed by atoms with van der Waals surface area (Å²) in [6, 6.07) is 3.69. The first-order valence-electron chi connectivity index (χ1n) is 8.26. The fraction of sp³-hybridized carbons (Fsp3) is 0.368. The van der Waals surface area contributed by atoms with Gasteiger partial charge in [0, 0.05) is 16.5 Å². The molecule has 0 radical (unpaired) electrons. The Morgan fingerprint density at radius 2 is 1.11 bits per heavy atom. The number of halogens is 4. The van der Waals surface area contributed by atoms with Crippen LogP contribution in [0.1, 0.15) is 38.8 Å². The molecule has 0 atom stereocenters. The van der Waals surface area contributed by atoms with Crippen LogP contribution in [0, 0.1) is 0 Å². The molecule has 0 spiro atoms. The number of phenolic OH excluding ortho intramolecular Hbond substituents is 2. The minimum absolute atomic E-state index is 0.0797. The number of aromatic hydroxyl groups is 2. The highest BCUT2D eigenvalue weighted by molar-refractivity contribution is 9.11. The monoisotopic (exact) mass is 628 g/mol. The predicted octanol–water partition coefficient (Wildman–Crippen LogP) is 7.27. The third kappa shape index (κ3) is 4.28. The molecule has 0 aliphatic rings. The Balaban J connectivity index is 2.84. The summed E-state index contributed by atoms with van der Waals surface area (Å²) in [5.41, 5.74) is 1.13. The lowest BCUT2D eigenvalue weighted by molar-refractivity contribution is 0.317. The normalized spacial score (nSPS) is 11.6. The van der Waals surface area contributed by atoms with Crippen LogP contribution < -0.4 is 9.47 Å². The third-order valence-electron chi connectivity index (χ3n) is 4.22. The van der Waals surface area contributed by atoms with Crippen LogP contribution in [-0.4, -0.2) is 23.4 Å². The van der Waals surface area contributed by atoms with E-state index >= 15 is 0 Å². The summed E-state index contributed by atoms with van der Waals surface area (Å²) in [5, 5.41) is 20.6. The van der Waals surface area contributed by atoms with Gasteiger partial charge >= 0.3 is 0 Å². The fourth-order valence-corrected chi connectivity index (χ4v) is 5.30. The number of ether oxygens (including phenoxy) is 2. The molecule has 0 amide bonds. The number of rotatable bonds is 6. The van der Waals surface area contributed by atoms with Crippen molar-refractivity contribution >= 4 is 63.7 Å². The van der Waals surface area contributed by atoms with E-state index in [4.69, 9.17) is 9.47 Å². The van der Waals surface area contributed by atoms with Gasteiger partial charge in [-0.25, -0.2) is 0 Å². The van der Waals surface area contributed by atoms with Crippen molar-refractivity contribution in [3.8, 4) is 23.0 Å². The lowest BCUT2D eigenvalue weighted by atomic mass is 9.77. The Labute approximate surface area is 192 Å². The van der Waals surface area contributed by atoms with Gasteiger partial charge in [0.25, 0.3) is 0 Å². The van der Waals surface area contributed by atoms with Gasteiger partial charge < -0.3 is 19.7 Å². The van der Waals surface area contributed by atoms with E-state index < -0.39 is 5.41 Å². The Hall–Kier alpha value is -0.440. The second-order valence-corrected chi connectivity index (χ2v) is 9.58. The van der Waals surface area contributed by atoms with Crippen LogP contribution in [0.15, 0.2) is 30.0 Å². The maximum Gasteiger partial charge on any atom is 0.147 e. The highest BCUT2D eigenvalue weighted by atomic mass is 79.9. The van der Waals surface area contributed by atoms with Crippen molar-refractivity contribution in [2.45, 2.75) is 33.1 Å². The zero-order valence-corrected chi connectivity index (χ0v) is 21.6. The molecular weight excluding hydrogens is 612 g/mol. The predicted molar refractivity (Wildman–Crippen MR) is 121 cm³/mol. The maximum absolute atomic E-state index is 10.3. The lowest BCUT2D eigenvalue weighted by Crippen LogP contribution is -2.22. The molecule has 0 unspecified atom stereocenters. The number of hydrogen-bond acceptors (Lipinski definition) is 4. The molecule has 2 N–H and O–H groups in total. The van der Waals surface area contributed by atoms with Crippen molar-refractivity contribution in [1.82, 2.24) is 0 Å². The van der Waals surface area contributed by atoms with E-state index in [9.17, 15) is 10.2 Å². The van der Waals surface area contributed by atoms with Crippen LogP contribution in [-0.2, 0) is 5.41 Å². The van der Waals surface area contributed by atoms with Crippen molar-refractivity contribution in [2.75, 3.05) is 13.2 Å². The van der Waals surface area contributed by atoms with Crippen LogP contribution in [0.25, 0.3) is 0 Å². The summed E-state index contributed by atoms with van der Waals surface area (Å²) >= 11 is 13.7. The van der Waals surface area contributed by atoms with E-state index in [0.29, 0.717) is 42.6 Å². The Kier molecular flexibility index (Phi) is 7.55. The average Bonchev–Trinajstić information content (AvgIpc) is 2.62. The van der Waals surface area contributed by atoms with Crippen molar-refractivity contribution < 1.29 is 19.7 Å². The molecule has 0 bridgehead atoms. The molecule has 0 saturated carbocycles. The highest BCUT2D eigenvalue weighted by Crippen LogP contribution is 2.52. The van der Waals surface area contributed by atoms with Crippen molar-refractivity contribution in [3.05, 3.63) is 41.2 Å². The zero-order chi connectivity index (χ0) is 20.5. The van der Waals surface area contributed by atoms with Crippen LogP contribution >= 0.6 is 63.7 Å². The van der Waals surface area contributed by atoms with Gasteiger partial charge in [0.2, 0.25) is 0 Å². The molecule has 27 heavy (non-hydrogen) atoms. The standard InChI is InChI=1S/C19H20Br4O4/c1-5-26-17-9(7-11(20)15(24)13(17)22)19(3,4)10-8-12(21)16(25)14(23)18(10)27-6-2/h7-8,24-25H,5-6H2,1-4H3. The number of hydrogen-bond donors (Lipinski definition) is 2. The van der Waals surface area contributed by atoms with E-state index in [1.165, 1.54) is 0 Å². The highest BCUT2D eigenvalue weighted by Gasteiger charge is 2.34. The molecule has 148 valence electrons. The van der Waals surface area contributed by atoms with Gasteiger partial charge in [-0.2, -0.15) is 0 Å². The molecule has 0 saturated heterocycles. The molecule has 4 nitrogen and oxygen atoms in total. The van der Waals surface area contributed by atoms with Crippen molar-refractivity contribution in [3.63, 3.8) is 0 Å². The minimum Gasteiger partial charge on any atom is -0.505 e. The van der Waals surface area contributed by atoms with Crippen LogP contribution in [0.5, 0.6) is 23.0 Å². The van der Waals surface area contributed by atoms with Gasteiger partial charge in [-0.05, 0) is 89.7 Å². The van der Waals surface area contributed by atoms with Gasteiger partial charge in [0.05, 0.1) is 22.2 Å². The summed E-state index contributed by atoms with van der Waals surface area (Å²) in [6.45, 7) is 8.75. The van der Waals surface area contributed by atoms with Crippen LogP contribution in [0.3, 0.4) is 0 Å². The van der Waals surface area contributed by atoms with Gasteiger partial charge in [-0.3, -0.25) is 0 Å². The van der Waals surface area contributed by atoms with Crippen molar-refractivity contribution in [2.24, 2.45) is 0 Å². The zero-order valence-electron chi connectivity index (χ0n) is 15.3. The SMILES string of the molecule is CCOc1c(C(C)(C)c2cc(Br)c(O)c(Br)c2OCC)cc(Br)c(O)c1Br. The molecule has 0 fully saturated rings. The molecule has 8 heteroatoms. The van der Waals surface area contributed by atoms with Gasteiger partial charge in [-0.15, -0.1) is 0 Å². The first-order valence-corrected chi connectivity index (χ1v) is 11.4. The molecule has 0 aliphatic carbocycles. The Morgan fingerprint density at radius 1 is 0.778 bits per heavy atom. The molecule has 2 aromatic carbocycles. The molecule has 0 aromatic heterocycles. The minimum atomic E-state index is -0.577. The second kappa shape index (κ2) is 8.93. The van der Waals surface area contributed by atoms with Crippen LogP contribution in [0.4, 0.5) is 0 Å². The molecule has 0 aliphatic heterocycles. The summed E-state index contributed by atoms with van der Waals surface area (Å²) in [6.07, 6.45) is 0. The first-order chi connectivity index (χ1) is 12.6. The van der Waals surface area contributed by atoms with E-state index in [1.807, 2.05) is 39.8 Å². The maximum atomic E-state index is 10.3. The molecular formula is C19H20Br4O4. The van der Waals surface area contributed by atoms with E-state index in [2.05, 4.69) is 63.7 Å². The van der Waals surface area contributed by atoms with Gasteiger partial charge in [0.1, 0.15) is 31.9 Å². The molecule has 2 aromatic rings. The molecule has 0 heterocycles. The smallest absolute Gasteiger partial charge is 0.147 e. The topological polar surface area (TPSA) is 58.9 Å². The van der Waals surface area contributed by atoms with Gasteiger partial charge in [0.15, 0.2) is 0 Å². The number of benzene rings is 2. The largest absolute Gasteiger partial charge is 0.505 e. The molecule has 2 rings (SSSR count). The van der Waals surface area contributed by atoms with E-state index in [0.717, 1.165) is 11.1 Å². The lowest BCUT2D eigenvalue weighted by Gasteiger charge is -2.31. The summed E-state index contributed by atoms with van der Waals surface area (Å²) in [7, 11) is 0. The second-order valence-electron chi connectivity index (χ2n) is 6.29.